The van der Waals surface area contributed by atoms with Crippen molar-refractivity contribution < 1.29 is 14.3 Å². The van der Waals surface area contributed by atoms with Crippen LogP contribution in [0, 0.1) is 0 Å². The smallest absolute Gasteiger partial charge is 0.252 e. The third-order valence-corrected chi connectivity index (χ3v) is 4.19. The van der Waals surface area contributed by atoms with E-state index in [1.54, 1.807) is 42.5 Å². The molecular formula is C19H22ClN3O3S. The maximum atomic E-state index is 12.3. The topological polar surface area (TPSA) is 93.4 Å². The highest BCUT2D eigenvalue weighted by Crippen LogP contribution is 2.17. The Balaban J connectivity index is 1.92. The van der Waals surface area contributed by atoms with Gasteiger partial charge in [0.1, 0.15) is 11.8 Å². The molecular weight excluding hydrogens is 386 g/mol. The number of amides is 2. The van der Waals surface area contributed by atoms with Gasteiger partial charge in [-0.25, -0.2) is 0 Å². The van der Waals surface area contributed by atoms with Gasteiger partial charge in [-0.3, -0.25) is 9.59 Å². The summed E-state index contributed by atoms with van der Waals surface area (Å²) in [5.74, 6) is -0.192. The van der Waals surface area contributed by atoms with Gasteiger partial charge in [-0.1, -0.05) is 17.7 Å². The summed E-state index contributed by atoms with van der Waals surface area (Å²) in [5, 5.41) is 4.83. The molecule has 2 rings (SSSR count). The molecule has 0 fully saturated rings. The number of nitrogens with one attached hydrogen (secondary N) is 2. The van der Waals surface area contributed by atoms with Crippen LogP contribution in [0.25, 0.3) is 0 Å². The first-order valence-corrected chi connectivity index (χ1v) is 9.23. The maximum absolute atomic E-state index is 12.3. The fraction of sp³-hybridized carbons (Fsp3) is 0.263. The molecule has 27 heavy (non-hydrogen) atoms. The number of carbonyl (C=O) groups is 2. The minimum Gasteiger partial charge on any atom is -0.491 e. The first-order valence-electron chi connectivity index (χ1n) is 8.34. The lowest BCUT2D eigenvalue weighted by molar-refractivity contribution is -0.117. The first-order chi connectivity index (χ1) is 12.8. The normalized spacial score (nSPS) is 13.0. The summed E-state index contributed by atoms with van der Waals surface area (Å²) in [6.07, 6.45) is 0.0620. The zero-order chi connectivity index (χ0) is 20.0. The van der Waals surface area contributed by atoms with Crippen LogP contribution in [0.15, 0.2) is 48.5 Å². The van der Waals surface area contributed by atoms with Gasteiger partial charge in [0.25, 0.3) is 5.91 Å². The lowest BCUT2D eigenvalue weighted by Crippen LogP contribution is -2.50. The highest BCUT2D eigenvalue weighted by molar-refractivity contribution is 7.81. The van der Waals surface area contributed by atoms with E-state index >= 15 is 0 Å². The largest absolute Gasteiger partial charge is 0.491 e. The van der Waals surface area contributed by atoms with Crippen LogP contribution in [0.5, 0.6) is 5.75 Å². The van der Waals surface area contributed by atoms with E-state index in [2.05, 4.69) is 23.3 Å². The van der Waals surface area contributed by atoms with Crippen LogP contribution < -0.4 is 21.1 Å². The van der Waals surface area contributed by atoms with Crippen LogP contribution in [-0.4, -0.2) is 29.3 Å². The van der Waals surface area contributed by atoms with E-state index in [0.29, 0.717) is 22.0 Å². The first kappa shape index (κ1) is 21.1. The molecule has 0 radical (unpaired) electrons. The molecule has 2 unspecified atom stereocenters. The van der Waals surface area contributed by atoms with Crippen molar-refractivity contribution in [2.24, 2.45) is 5.73 Å². The van der Waals surface area contributed by atoms with E-state index in [4.69, 9.17) is 22.1 Å². The number of hydrogen-bond donors (Lipinski definition) is 4. The summed E-state index contributed by atoms with van der Waals surface area (Å²) in [5.41, 5.74) is 6.83. The monoisotopic (exact) mass is 407 g/mol. The van der Waals surface area contributed by atoms with Crippen molar-refractivity contribution >= 4 is 41.7 Å². The van der Waals surface area contributed by atoms with Crippen LogP contribution in [0.3, 0.4) is 0 Å². The van der Waals surface area contributed by atoms with Crippen LogP contribution in [-0.2, 0) is 4.79 Å². The third-order valence-electron chi connectivity index (χ3n) is 3.50. The van der Waals surface area contributed by atoms with Gasteiger partial charge in [-0.2, -0.15) is 12.6 Å². The van der Waals surface area contributed by atoms with Crippen molar-refractivity contribution in [2.75, 3.05) is 5.32 Å². The summed E-state index contributed by atoms with van der Waals surface area (Å²) in [4.78, 5) is 24.5. The molecule has 0 spiro atoms. The molecule has 0 aliphatic rings. The summed E-state index contributed by atoms with van der Waals surface area (Å²) < 4.78 is 5.55. The number of halogens is 1. The van der Waals surface area contributed by atoms with Gasteiger partial charge < -0.3 is 21.1 Å². The van der Waals surface area contributed by atoms with Gasteiger partial charge in [0.2, 0.25) is 5.91 Å². The molecule has 4 N–H and O–H groups in total. The molecule has 0 bridgehead atoms. The van der Waals surface area contributed by atoms with Gasteiger partial charge in [-0.05, 0) is 56.3 Å². The SMILES string of the molecule is CC(C)Oc1ccc(NC(=O)C(N)C(S)NC(=O)c2cccc(Cl)c2)cc1. The number of ether oxygens (including phenoxy) is 1. The number of rotatable bonds is 7. The van der Waals surface area contributed by atoms with Crippen LogP contribution in [0.1, 0.15) is 24.2 Å². The Bertz CT molecular complexity index is 799. The summed E-state index contributed by atoms with van der Waals surface area (Å²) in [7, 11) is 0. The summed E-state index contributed by atoms with van der Waals surface area (Å²) in [6.45, 7) is 3.86. The lowest BCUT2D eigenvalue weighted by Gasteiger charge is -2.20. The lowest BCUT2D eigenvalue weighted by atomic mass is 10.2. The van der Waals surface area contributed by atoms with Crippen molar-refractivity contribution in [1.82, 2.24) is 5.32 Å². The predicted molar refractivity (Wildman–Crippen MR) is 111 cm³/mol. The molecule has 6 nitrogen and oxygen atoms in total. The van der Waals surface area contributed by atoms with E-state index in [1.165, 1.54) is 6.07 Å². The highest BCUT2D eigenvalue weighted by Gasteiger charge is 2.24. The molecule has 2 aromatic carbocycles. The van der Waals surface area contributed by atoms with E-state index in [1.807, 2.05) is 13.8 Å². The zero-order valence-electron chi connectivity index (χ0n) is 15.0. The molecule has 2 atom stereocenters. The molecule has 0 saturated carbocycles. The second-order valence-electron chi connectivity index (χ2n) is 6.13. The summed E-state index contributed by atoms with van der Waals surface area (Å²) >= 11 is 10.1. The quantitative estimate of drug-likeness (QED) is 0.419. The molecule has 0 saturated heterocycles. The fourth-order valence-electron chi connectivity index (χ4n) is 2.20. The molecule has 0 aromatic heterocycles. The van der Waals surface area contributed by atoms with Crippen molar-refractivity contribution in [3.8, 4) is 5.75 Å². The van der Waals surface area contributed by atoms with Crippen LogP contribution in [0.2, 0.25) is 5.02 Å². The second-order valence-corrected chi connectivity index (χ2v) is 7.13. The van der Waals surface area contributed by atoms with Crippen LogP contribution >= 0.6 is 24.2 Å². The average molecular weight is 408 g/mol. The van der Waals surface area contributed by atoms with Crippen LogP contribution in [0.4, 0.5) is 5.69 Å². The van der Waals surface area contributed by atoms with E-state index in [-0.39, 0.29) is 6.10 Å². The van der Waals surface area contributed by atoms with Crippen molar-refractivity contribution in [3.63, 3.8) is 0 Å². The van der Waals surface area contributed by atoms with Gasteiger partial charge in [-0.15, -0.1) is 0 Å². The minimum atomic E-state index is -1.05. The molecule has 2 amide bonds. The summed E-state index contributed by atoms with van der Waals surface area (Å²) in [6, 6.07) is 12.3. The van der Waals surface area contributed by atoms with E-state index in [0.717, 1.165) is 0 Å². The minimum absolute atomic E-state index is 0.0620. The maximum Gasteiger partial charge on any atom is 0.252 e. The molecule has 144 valence electrons. The Morgan fingerprint density at radius 2 is 1.81 bits per heavy atom. The number of thiol groups is 1. The molecule has 0 aliphatic heterocycles. The second kappa shape index (κ2) is 9.64. The Kier molecular flexibility index (Phi) is 7.53. The van der Waals surface area contributed by atoms with Gasteiger partial charge >= 0.3 is 0 Å². The standard InChI is InChI=1S/C19H22ClN3O3S/c1-11(2)26-15-8-6-14(7-9-15)22-18(25)16(21)19(27)23-17(24)12-4-3-5-13(20)10-12/h3-11,16,19,27H,21H2,1-2H3,(H,22,25)(H,23,24). The number of carbonyl (C=O) groups excluding carboxylic acids is 2. The third kappa shape index (κ3) is 6.46. The Hall–Kier alpha value is -2.22. The average Bonchev–Trinajstić information content (AvgIpc) is 2.62. The molecule has 8 heteroatoms. The van der Waals surface area contributed by atoms with E-state index < -0.39 is 23.2 Å². The number of nitrogens with two attached hydrogens (primary N) is 1. The molecule has 2 aromatic rings. The predicted octanol–water partition coefficient (Wildman–Crippen LogP) is 3.08. The molecule has 0 heterocycles. The Morgan fingerprint density at radius 1 is 1.15 bits per heavy atom. The van der Waals surface area contributed by atoms with Crippen molar-refractivity contribution in [1.29, 1.82) is 0 Å². The number of hydrogen-bond acceptors (Lipinski definition) is 5. The number of benzene rings is 2. The van der Waals surface area contributed by atoms with Gasteiger partial charge in [0, 0.05) is 16.3 Å². The highest BCUT2D eigenvalue weighted by atomic mass is 35.5. The zero-order valence-corrected chi connectivity index (χ0v) is 16.6. The Morgan fingerprint density at radius 3 is 2.41 bits per heavy atom. The fourth-order valence-corrected chi connectivity index (χ4v) is 2.64. The van der Waals surface area contributed by atoms with Crippen molar-refractivity contribution in [3.05, 3.63) is 59.1 Å². The van der Waals surface area contributed by atoms with Gasteiger partial charge in [0.15, 0.2) is 0 Å². The molecule has 0 aliphatic carbocycles. The van der Waals surface area contributed by atoms with Gasteiger partial charge in [0.05, 0.1) is 11.5 Å². The van der Waals surface area contributed by atoms with Crippen molar-refractivity contribution in [2.45, 2.75) is 31.4 Å². The number of anilines is 1. The van der Waals surface area contributed by atoms with E-state index in [9.17, 15) is 9.59 Å². The Labute approximate surface area is 168 Å².